The fourth-order valence-corrected chi connectivity index (χ4v) is 5.11. The number of nitrogens with zero attached hydrogens (tertiary/aromatic N) is 1. The molecule has 1 N–H and O–H groups in total. The van der Waals surface area contributed by atoms with Gasteiger partial charge in [0.05, 0.1) is 16.6 Å². The third-order valence-electron chi connectivity index (χ3n) is 5.67. The van der Waals surface area contributed by atoms with E-state index in [0.29, 0.717) is 5.69 Å². The Kier molecular flexibility index (Phi) is 7.04. The first-order chi connectivity index (χ1) is 15.1. The van der Waals surface area contributed by atoms with Crippen LogP contribution in [0.4, 0.5) is 5.69 Å². The standard InChI is InChI=1S/C26H30N2O3S/c1-18-11-13-24(14-12-18)32(30,31)28(23-9-7-6-8-10-23)17-26(29)27-22(5)25-16-20(3)19(2)15-21(25)4/h6-16,22H,17H2,1-5H3,(H,27,29)/t22-/m1/s1. The average Bonchev–Trinajstić information content (AvgIpc) is 2.75. The van der Waals surface area contributed by atoms with E-state index in [1.807, 2.05) is 33.8 Å². The molecule has 5 nitrogen and oxygen atoms in total. The van der Waals surface area contributed by atoms with Crippen molar-refractivity contribution in [1.29, 1.82) is 0 Å². The van der Waals surface area contributed by atoms with Gasteiger partial charge in [-0.3, -0.25) is 9.10 Å². The van der Waals surface area contributed by atoms with Crippen molar-refractivity contribution < 1.29 is 13.2 Å². The Morgan fingerprint density at radius 3 is 2.09 bits per heavy atom. The van der Waals surface area contributed by atoms with Gasteiger partial charge in [0.15, 0.2) is 0 Å². The molecular weight excluding hydrogens is 420 g/mol. The van der Waals surface area contributed by atoms with Crippen molar-refractivity contribution in [3.63, 3.8) is 0 Å². The third kappa shape index (κ3) is 5.19. The lowest BCUT2D eigenvalue weighted by Gasteiger charge is -2.25. The summed E-state index contributed by atoms with van der Waals surface area (Å²) in [6, 6.07) is 19.3. The van der Waals surface area contributed by atoms with Crippen molar-refractivity contribution >= 4 is 21.6 Å². The molecule has 6 heteroatoms. The van der Waals surface area contributed by atoms with Gasteiger partial charge in [-0.25, -0.2) is 8.42 Å². The van der Waals surface area contributed by atoms with E-state index in [9.17, 15) is 13.2 Å². The van der Waals surface area contributed by atoms with Crippen molar-refractivity contribution in [2.24, 2.45) is 0 Å². The van der Waals surface area contributed by atoms with Crippen LogP contribution >= 0.6 is 0 Å². The second-order valence-corrected chi connectivity index (χ2v) is 10.1. The minimum Gasteiger partial charge on any atom is -0.348 e. The zero-order valence-electron chi connectivity index (χ0n) is 19.2. The molecule has 3 rings (SSSR count). The molecule has 0 spiro atoms. The Morgan fingerprint density at radius 2 is 1.47 bits per heavy atom. The lowest BCUT2D eigenvalue weighted by molar-refractivity contribution is -0.120. The van der Waals surface area contributed by atoms with Gasteiger partial charge >= 0.3 is 0 Å². The number of aryl methyl sites for hydroxylation is 4. The van der Waals surface area contributed by atoms with Gasteiger partial charge in [0.25, 0.3) is 10.0 Å². The first-order valence-corrected chi connectivity index (χ1v) is 12.0. The van der Waals surface area contributed by atoms with Crippen molar-refractivity contribution in [1.82, 2.24) is 5.32 Å². The van der Waals surface area contributed by atoms with E-state index >= 15 is 0 Å². The Morgan fingerprint density at radius 1 is 0.875 bits per heavy atom. The highest BCUT2D eigenvalue weighted by Crippen LogP contribution is 2.25. The summed E-state index contributed by atoms with van der Waals surface area (Å²) in [5, 5.41) is 2.97. The van der Waals surface area contributed by atoms with E-state index in [-0.39, 0.29) is 23.4 Å². The maximum atomic E-state index is 13.4. The number of carbonyl (C=O) groups excluding carboxylic acids is 1. The molecule has 0 heterocycles. The largest absolute Gasteiger partial charge is 0.348 e. The third-order valence-corrected chi connectivity index (χ3v) is 7.45. The molecule has 3 aromatic carbocycles. The molecule has 0 bridgehead atoms. The minimum atomic E-state index is -3.91. The van der Waals surface area contributed by atoms with E-state index in [2.05, 4.69) is 24.4 Å². The normalized spacial score (nSPS) is 12.3. The van der Waals surface area contributed by atoms with Crippen LogP contribution in [0.25, 0.3) is 0 Å². The van der Waals surface area contributed by atoms with Crippen LogP contribution in [0.2, 0.25) is 0 Å². The summed E-state index contributed by atoms with van der Waals surface area (Å²) in [5.74, 6) is -0.366. The summed E-state index contributed by atoms with van der Waals surface area (Å²) in [6.45, 7) is 9.61. The predicted molar refractivity (Wildman–Crippen MR) is 129 cm³/mol. The number of carbonyl (C=O) groups is 1. The van der Waals surface area contributed by atoms with E-state index < -0.39 is 10.0 Å². The monoisotopic (exact) mass is 450 g/mol. The van der Waals surface area contributed by atoms with Gasteiger partial charge in [-0.2, -0.15) is 0 Å². The molecule has 1 atom stereocenters. The van der Waals surface area contributed by atoms with Crippen LogP contribution in [0, 0.1) is 27.7 Å². The summed E-state index contributed by atoms with van der Waals surface area (Å²) >= 11 is 0. The van der Waals surface area contributed by atoms with E-state index in [1.54, 1.807) is 48.5 Å². The Labute approximate surface area is 191 Å². The molecule has 3 aromatic rings. The molecule has 0 radical (unpaired) electrons. The average molecular weight is 451 g/mol. The maximum absolute atomic E-state index is 13.4. The first kappa shape index (κ1) is 23.5. The number of sulfonamides is 1. The van der Waals surface area contributed by atoms with Crippen LogP contribution in [0.5, 0.6) is 0 Å². The van der Waals surface area contributed by atoms with Crippen LogP contribution in [0.15, 0.2) is 71.6 Å². The van der Waals surface area contributed by atoms with E-state index in [1.165, 1.54) is 5.56 Å². The number of amides is 1. The molecule has 168 valence electrons. The van der Waals surface area contributed by atoms with Crippen LogP contribution in [0.3, 0.4) is 0 Å². The highest BCUT2D eigenvalue weighted by Gasteiger charge is 2.27. The number of hydrogen-bond donors (Lipinski definition) is 1. The molecule has 0 aromatic heterocycles. The quantitative estimate of drug-likeness (QED) is 0.551. The van der Waals surface area contributed by atoms with E-state index in [4.69, 9.17) is 0 Å². The van der Waals surface area contributed by atoms with Gasteiger partial charge in [0.2, 0.25) is 5.91 Å². The maximum Gasteiger partial charge on any atom is 0.264 e. The Hall–Kier alpha value is -3.12. The van der Waals surface area contributed by atoms with Gasteiger partial charge in [-0.05, 0) is 81.1 Å². The smallest absolute Gasteiger partial charge is 0.264 e. The van der Waals surface area contributed by atoms with Crippen LogP contribution in [-0.2, 0) is 14.8 Å². The number of anilines is 1. The first-order valence-electron chi connectivity index (χ1n) is 10.6. The Bertz CT molecular complexity index is 1200. The molecule has 0 unspecified atom stereocenters. The van der Waals surface area contributed by atoms with Crippen LogP contribution in [-0.4, -0.2) is 20.9 Å². The predicted octanol–water partition coefficient (Wildman–Crippen LogP) is 4.99. The Balaban J connectivity index is 1.88. The molecule has 0 saturated heterocycles. The number of rotatable bonds is 7. The second-order valence-electron chi connectivity index (χ2n) is 8.24. The molecule has 0 aliphatic heterocycles. The molecule has 32 heavy (non-hydrogen) atoms. The molecule has 0 saturated carbocycles. The number of hydrogen-bond acceptors (Lipinski definition) is 3. The SMILES string of the molecule is Cc1ccc(S(=O)(=O)N(CC(=O)N[C@H](C)c2cc(C)c(C)cc2C)c2ccccc2)cc1. The zero-order valence-corrected chi connectivity index (χ0v) is 20.0. The molecule has 0 aliphatic carbocycles. The fourth-order valence-electron chi connectivity index (χ4n) is 3.69. The highest BCUT2D eigenvalue weighted by atomic mass is 32.2. The van der Waals surface area contributed by atoms with Crippen molar-refractivity contribution in [3.8, 4) is 0 Å². The highest BCUT2D eigenvalue weighted by molar-refractivity contribution is 7.92. The zero-order chi connectivity index (χ0) is 23.5. The van der Waals surface area contributed by atoms with Crippen molar-refractivity contribution in [2.45, 2.75) is 45.6 Å². The topological polar surface area (TPSA) is 66.5 Å². The van der Waals surface area contributed by atoms with Gasteiger partial charge in [0, 0.05) is 0 Å². The molecule has 1 amide bonds. The van der Waals surface area contributed by atoms with Crippen LogP contribution in [0.1, 0.15) is 40.8 Å². The minimum absolute atomic E-state index is 0.151. The summed E-state index contributed by atoms with van der Waals surface area (Å²) in [4.78, 5) is 13.1. The molecule has 0 fully saturated rings. The second kappa shape index (κ2) is 9.57. The van der Waals surface area contributed by atoms with Gasteiger partial charge < -0.3 is 5.32 Å². The van der Waals surface area contributed by atoms with E-state index in [0.717, 1.165) is 26.6 Å². The van der Waals surface area contributed by atoms with Crippen molar-refractivity contribution in [3.05, 3.63) is 94.5 Å². The van der Waals surface area contributed by atoms with Gasteiger partial charge in [-0.15, -0.1) is 0 Å². The van der Waals surface area contributed by atoms with Crippen molar-refractivity contribution in [2.75, 3.05) is 10.8 Å². The lowest BCUT2D eigenvalue weighted by atomic mass is 9.96. The van der Waals surface area contributed by atoms with Gasteiger partial charge in [-0.1, -0.05) is 48.0 Å². The summed E-state index contributed by atoms with van der Waals surface area (Å²) in [6.07, 6.45) is 0. The summed E-state index contributed by atoms with van der Waals surface area (Å²) in [7, 11) is -3.91. The molecular formula is C26H30N2O3S. The van der Waals surface area contributed by atoms with Gasteiger partial charge in [0.1, 0.15) is 6.54 Å². The molecule has 0 aliphatic rings. The number of para-hydroxylation sites is 1. The fraction of sp³-hybridized carbons (Fsp3) is 0.269. The van der Waals surface area contributed by atoms with Crippen LogP contribution < -0.4 is 9.62 Å². The summed E-state index contributed by atoms with van der Waals surface area (Å²) < 4.78 is 28.0. The summed E-state index contributed by atoms with van der Waals surface area (Å²) in [5.41, 5.74) is 5.87. The number of benzene rings is 3. The lowest BCUT2D eigenvalue weighted by Crippen LogP contribution is -2.41. The number of nitrogens with one attached hydrogen (secondary N) is 1.